The number of rotatable bonds is 9. The number of likely N-dealkylation sites (N-methyl/N-ethyl adjacent to an activating group) is 1. The highest BCUT2D eigenvalue weighted by molar-refractivity contribution is 7.90. The second-order valence-corrected chi connectivity index (χ2v) is 11.5. The van der Waals surface area contributed by atoms with Gasteiger partial charge in [0.2, 0.25) is 11.8 Å². The highest BCUT2D eigenvalue weighted by Crippen LogP contribution is 2.36. The van der Waals surface area contributed by atoms with Gasteiger partial charge in [-0.25, -0.2) is 8.42 Å². The molecular formula is C24H35ClN4O4S. The number of hydrazone groups is 1. The van der Waals surface area contributed by atoms with Gasteiger partial charge in [-0.3, -0.25) is 14.6 Å². The first kappa shape index (κ1) is 26.5. The van der Waals surface area contributed by atoms with Gasteiger partial charge in [-0.2, -0.15) is 5.10 Å². The summed E-state index contributed by atoms with van der Waals surface area (Å²) in [6, 6.07) is 4.77. The first-order chi connectivity index (χ1) is 16.1. The van der Waals surface area contributed by atoms with E-state index in [4.69, 9.17) is 11.6 Å². The minimum atomic E-state index is -3.45. The summed E-state index contributed by atoms with van der Waals surface area (Å²) in [7, 11) is -3.45. The molecule has 1 aliphatic carbocycles. The van der Waals surface area contributed by atoms with Crippen LogP contribution in [-0.4, -0.2) is 68.4 Å². The fourth-order valence-electron chi connectivity index (χ4n) is 4.78. The third-order valence-electron chi connectivity index (χ3n) is 6.69. The van der Waals surface area contributed by atoms with Gasteiger partial charge < -0.3 is 10.2 Å². The predicted octanol–water partition coefficient (Wildman–Crippen LogP) is 3.41. The van der Waals surface area contributed by atoms with Crippen LogP contribution in [0.3, 0.4) is 0 Å². The van der Waals surface area contributed by atoms with Crippen LogP contribution in [0.1, 0.15) is 63.9 Å². The SMILES string of the molecule is CCN(CC)C(=O)CN1CCC(NC(=O)[C@H](CC2CCCC2)c2ccc(S(C)(=O)=O)c(Cl)c2)=N1. The number of sulfone groups is 1. The van der Waals surface area contributed by atoms with Gasteiger partial charge >= 0.3 is 0 Å². The Morgan fingerprint density at radius 2 is 1.91 bits per heavy atom. The standard InChI is InChI=1S/C24H35ClN4O4S/c1-4-28(5-2)23(30)16-29-13-12-22(27-29)26-24(31)19(14-17-8-6-7-9-17)18-10-11-21(20(25)15-18)34(3,32)33/h10-11,15,17,19H,4-9,12-14,16H2,1-3H3,(H,26,27,31)/t19-/m1/s1. The normalized spacial score (nSPS) is 17.5. The molecule has 1 N–H and O–H groups in total. The molecule has 1 aromatic carbocycles. The minimum Gasteiger partial charge on any atom is -0.342 e. The number of benzene rings is 1. The van der Waals surface area contributed by atoms with Crippen molar-refractivity contribution in [2.45, 2.75) is 63.2 Å². The van der Waals surface area contributed by atoms with Crippen LogP contribution < -0.4 is 5.32 Å². The quantitative estimate of drug-likeness (QED) is 0.548. The molecule has 1 atom stereocenters. The zero-order chi connectivity index (χ0) is 24.9. The molecule has 34 heavy (non-hydrogen) atoms. The molecule has 0 bridgehead atoms. The van der Waals surface area contributed by atoms with E-state index in [0.29, 0.717) is 49.8 Å². The van der Waals surface area contributed by atoms with Gasteiger partial charge in [0.15, 0.2) is 9.84 Å². The molecule has 1 aliphatic heterocycles. The largest absolute Gasteiger partial charge is 0.342 e. The number of hydrogen-bond acceptors (Lipinski definition) is 6. The summed E-state index contributed by atoms with van der Waals surface area (Å²) < 4.78 is 23.9. The monoisotopic (exact) mass is 510 g/mol. The molecule has 0 unspecified atom stereocenters. The van der Waals surface area contributed by atoms with Crippen LogP contribution in [0.15, 0.2) is 28.2 Å². The summed E-state index contributed by atoms with van der Waals surface area (Å²) in [5, 5.41) is 9.24. The predicted molar refractivity (Wildman–Crippen MR) is 134 cm³/mol. The zero-order valence-corrected chi connectivity index (χ0v) is 21.8. The number of hydrogen-bond donors (Lipinski definition) is 1. The third-order valence-corrected chi connectivity index (χ3v) is 8.27. The van der Waals surface area contributed by atoms with Crippen LogP contribution in [-0.2, 0) is 19.4 Å². The minimum absolute atomic E-state index is 0.0149. The van der Waals surface area contributed by atoms with Crippen LogP contribution in [0.25, 0.3) is 0 Å². The van der Waals surface area contributed by atoms with E-state index >= 15 is 0 Å². The lowest BCUT2D eigenvalue weighted by Gasteiger charge is -2.22. The van der Waals surface area contributed by atoms with E-state index in [1.807, 2.05) is 13.8 Å². The van der Waals surface area contributed by atoms with Crippen molar-refractivity contribution < 1.29 is 18.0 Å². The molecule has 0 aromatic heterocycles. The lowest BCUT2D eigenvalue weighted by Crippen LogP contribution is -2.37. The Morgan fingerprint density at radius 3 is 2.50 bits per heavy atom. The summed E-state index contributed by atoms with van der Waals surface area (Å²) in [5.74, 6) is 0.375. The first-order valence-electron chi connectivity index (χ1n) is 12.0. The molecule has 8 nitrogen and oxygen atoms in total. The smallest absolute Gasteiger partial charge is 0.243 e. The molecule has 0 spiro atoms. The van der Waals surface area contributed by atoms with E-state index < -0.39 is 15.8 Å². The Balaban J connectivity index is 1.75. The summed E-state index contributed by atoms with van der Waals surface area (Å²) in [5.41, 5.74) is 0.703. The summed E-state index contributed by atoms with van der Waals surface area (Å²) in [6.45, 7) is 5.96. The van der Waals surface area contributed by atoms with Gasteiger partial charge in [0.05, 0.1) is 15.8 Å². The van der Waals surface area contributed by atoms with E-state index in [9.17, 15) is 18.0 Å². The molecule has 0 radical (unpaired) electrons. The van der Waals surface area contributed by atoms with E-state index in [2.05, 4.69) is 10.4 Å². The maximum absolute atomic E-state index is 13.4. The highest BCUT2D eigenvalue weighted by atomic mass is 35.5. The fraction of sp³-hybridized carbons (Fsp3) is 0.625. The van der Waals surface area contributed by atoms with Crippen molar-refractivity contribution in [2.24, 2.45) is 11.0 Å². The number of amidine groups is 1. The summed E-state index contributed by atoms with van der Waals surface area (Å²) in [6.07, 6.45) is 6.84. The van der Waals surface area contributed by atoms with Gasteiger partial charge in [-0.1, -0.05) is 43.4 Å². The van der Waals surface area contributed by atoms with Crippen molar-refractivity contribution in [3.8, 4) is 0 Å². The number of nitrogens with one attached hydrogen (secondary N) is 1. The molecule has 1 aromatic rings. The Morgan fingerprint density at radius 1 is 1.24 bits per heavy atom. The molecule has 1 heterocycles. The number of nitrogens with zero attached hydrogens (tertiary/aromatic N) is 3. The molecule has 1 saturated carbocycles. The van der Waals surface area contributed by atoms with Crippen molar-refractivity contribution >= 4 is 39.1 Å². The second kappa shape index (κ2) is 11.5. The lowest BCUT2D eigenvalue weighted by atomic mass is 9.87. The Kier molecular flexibility index (Phi) is 8.98. The number of carbonyl (C=O) groups excluding carboxylic acids is 2. The van der Waals surface area contributed by atoms with E-state index in [-0.39, 0.29) is 28.3 Å². The van der Waals surface area contributed by atoms with Crippen LogP contribution >= 0.6 is 11.6 Å². The van der Waals surface area contributed by atoms with Crippen molar-refractivity contribution in [3.63, 3.8) is 0 Å². The average molecular weight is 511 g/mol. The maximum Gasteiger partial charge on any atom is 0.243 e. The Bertz CT molecular complexity index is 1030. The van der Waals surface area contributed by atoms with E-state index in [1.54, 1.807) is 22.0 Å². The molecular weight excluding hydrogens is 476 g/mol. The van der Waals surface area contributed by atoms with Crippen molar-refractivity contribution in [3.05, 3.63) is 28.8 Å². The van der Waals surface area contributed by atoms with Crippen molar-refractivity contribution in [1.29, 1.82) is 0 Å². The molecule has 0 saturated heterocycles. The van der Waals surface area contributed by atoms with Gasteiger partial charge in [0, 0.05) is 32.3 Å². The van der Waals surface area contributed by atoms with E-state index in [0.717, 1.165) is 31.9 Å². The molecule has 1 fully saturated rings. The number of amides is 2. The van der Waals surface area contributed by atoms with Crippen LogP contribution in [0, 0.1) is 5.92 Å². The van der Waals surface area contributed by atoms with Crippen LogP contribution in [0.2, 0.25) is 5.02 Å². The molecule has 2 aliphatic rings. The summed E-state index contributed by atoms with van der Waals surface area (Å²) in [4.78, 5) is 27.6. The summed E-state index contributed by atoms with van der Waals surface area (Å²) >= 11 is 6.29. The van der Waals surface area contributed by atoms with Crippen molar-refractivity contribution in [1.82, 2.24) is 15.2 Å². The lowest BCUT2D eigenvalue weighted by molar-refractivity contribution is -0.131. The van der Waals surface area contributed by atoms with Crippen LogP contribution in [0.4, 0.5) is 0 Å². The fourth-order valence-corrected chi connectivity index (χ4v) is 6.12. The van der Waals surface area contributed by atoms with Crippen LogP contribution in [0.5, 0.6) is 0 Å². The van der Waals surface area contributed by atoms with Gasteiger partial charge in [-0.05, 0) is 43.9 Å². The number of carbonyl (C=O) groups is 2. The Labute approximate surface area is 207 Å². The first-order valence-corrected chi connectivity index (χ1v) is 14.3. The number of halogens is 1. The second-order valence-electron chi connectivity index (χ2n) is 9.14. The molecule has 188 valence electrons. The topological polar surface area (TPSA) is 99.1 Å². The van der Waals surface area contributed by atoms with Gasteiger partial charge in [0.25, 0.3) is 0 Å². The van der Waals surface area contributed by atoms with Gasteiger partial charge in [0.1, 0.15) is 12.4 Å². The molecule has 10 heteroatoms. The average Bonchev–Trinajstić information content (AvgIpc) is 3.44. The van der Waals surface area contributed by atoms with Gasteiger partial charge in [-0.15, -0.1) is 0 Å². The zero-order valence-electron chi connectivity index (χ0n) is 20.2. The van der Waals surface area contributed by atoms with Crippen molar-refractivity contribution in [2.75, 3.05) is 32.4 Å². The molecule has 2 amide bonds. The van der Waals surface area contributed by atoms with E-state index in [1.165, 1.54) is 6.07 Å². The third kappa shape index (κ3) is 6.72. The highest BCUT2D eigenvalue weighted by Gasteiger charge is 2.29. The Hall–Kier alpha value is -2.13. The molecule has 3 rings (SSSR count). The maximum atomic E-state index is 13.4.